The second kappa shape index (κ2) is 6.13. The minimum Gasteiger partial charge on any atom is -0.507 e. The minimum atomic E-state index is -0.475. The molecule has 0 unspecified atom stereocenters. The largest absolute Gasteiger partial charge is 0.507 e. The molecule has 0 saturated heterocycles. The number of carbonyl (C=O) groups excluding carboxylic acids is 1. The number of aryl methyl sites for hydroxylation is 2. The van der Waals surface area contributed by atoms with Gasteiger partial charge in [-0.3, -0.25) is 14.8 Å². The van der Waals surface area contributed by atoms with Crippen LogP contribution in [0.2, 0.25) is 0 Å². The molecule has 6 heteroatoms. The number of carbonyl (C=O) groups is 1. The van der Waals surface area contributed by atoms with Crippen LogP contribution in [0, 0.1) is 13.8 Å². The van der Waals surface area contributed by atoms with Gasteiger partial charge in [-0.15, -0.1) is 0 Å². The van der Waals surface area contributed by atoms with Crippen molar-refractivity contribution in [3.8, 4) is 5.75 Å². The van der Waals surface area contributed by atoms with Gasteiger partial charge in [-0.1, -0.05) is 12.1 Å². The molecule has 0 fully saturated rings. The van der Waals surface area contributed by atoms with Gasteiger partial charge in [-0.25, -0.2) is 5.43 Å². The Morgan fingerprint density at radius 3 is 2.67 bits per heavy atom. The molecule has 0 bridgehead atoms. The molecule has 0 atom stereocenters. The van der Waals surface area contributed by atoms with E-state index in [0.29, 0.717) is 17.0 Å². The van der Waals surface area contributed by atoms with Crippen molar-refractivity contribution in [3.05, 3.63) is 53.1 Å². The van der Waals surface area contributed by atoms with Crippen LogP contribution in [0.5, 0.6) is 5.75 Å². The van der Waals surface area contributed by atoms with Gasteiger partial charge in [0.05, 0.1) is 17.0 Å². The minimum absolute atomic E-state index is 0.0430. The molecule has 2 rings (SSSR count). The number of aromatic nitrogens is 2. The van der Waals surface area contributed by atoms with Crippen molar-refractivity contribution in [1.29, 1.82) is 0 Å². The van der Waals surface area contributed by atoms with Crippen LogP contribution in [0.4, 0.5) is 0 Å². The van der Waals surface area contributed by atoms with E-state index in [1.807, 2.05) is 6.92 Å². The van der Waals surface area contributed by atoms with Gasteiger partial charge in [0.25, 0.3) is 5.91 Å². The average molecular weight is 284 g/mol. The third kappa shape index (κ3) is 3.22. The van der Waals surface area contributed by atoms with Gasteiger partial charge in [0.15, 0.2) is 0 Å². The Hall–Kier alpha value is -2.76. The van der Waals surface area contributed by atoms with Gasteiger partial charge in [0, 0.05) is 12.4 Å². The first-order chi connectivity index (χ1) is 10.0. The number of hydrogen-bond acceptors (Lipinski definition) is 5. The summed E-state index contributed by atoms with van der Waals surface area (Å²) in [5, 5.41) is 13.9. The molecule has 0 spiro atoms. The SMILES string of the molecule is C/C(=N\NC(=O)c1cccc(C)c1O)c1nccnc1C. The highest BCUT2D eigenvalue weighted by Gasteiger charge is 2.12. The standard InChI is InChI=1S/C15H16N4O2/c1-9-5-4-6-12(14(9)20)15(21)19-18-11(3)13-10(2)16-7-8-17-13/h4-8,20H,1-3H3,(H,19,21)/b18-11+. The summed E-state index contributed by atoms with van der Waals surface area (Å²) < 4.78 is 0. The monoisotopic (exact) mass is 284 g/mol. The molecule has 0 aliphatic heterocycles. The molecule has 108 valence electrons. The lowest BCUT2D eigenvalue weighted by atomic mass is 10.1. The average Bonchev–Trinajstić information content (AvgIpc) is 2.47. The third-order valence-corrected chi connectivity index (χ3v) is 3.03. The van der Waals surface area contributed by atoms with Crippen LogP contribution in [0.1, 0.15) is 34.2 Å². The molecule has 2 aromatic rings. The molecule has 0 aliphatic rings. The Labute approximate surface area is 122 Å². The Balaban J connectivity index is 2.19. The highest BCUT2D eigenvalue weighted by Crippen LogP contribution is 2.21. The molecule has 1 heterocycles. The quantitative estimate of drug-likeness (QED) is 0.666. The van der Waals surface area contributed by atoms with Gasteiger partial charge in [-0.05, 0) is 32.4 Å². The van der Waals surface area contributed by atoms with Crippen LogP contribution in [0.3, 0.4) is 0 Å². The Morgan fingerprint density at radius 2 is 1.95 bits per heavy atom. The molecule has 1 aromatic carbocycles. The zero-order valence-electron chi connectivity index (χ0n) is 12.1. The summed E-state index contributed by atoms with van der Waals surface area (Å²) in [6, 6.07) is 4.97. The second-order valence-electron chi connectivity index (χ2n) is 4.60. The van der Waals surface area contributed by atoms with Crippen molar-refractivity contribution in [2.24, 2.45) is 5.10 Å². The third-order valence-electron chi connectivity index (χ3n) is 3.03. The van der Waals surface area contributed by atoms with Crippen molar-refractivity contribution in [2.45, 2.75) is 20.8 Å². The predicted molar refractivity (Wildman–Crippen MR) is 79.3 cm³/mol. The first kappa shape index (κ1) is 14.6. The fourth-order valence-corrected chi connectivity index (χ4v) is 1.85. The molecule has 2 N–H and O–H groups in total. The molecule has 1 aromatic heterocycles. The lowest BCUT2D eigenvalue weighted by Gasteiger charge is -2.06. The van der Waals surface area contributed by atoms with Crippen LogP contribution >= 0.6 is 0 Å². The summed E-state index contributed by atoms with van der Waals surface area (Å²) in [5.41, 5.74) is 5.12. The zero-order chi connectivity index (χ0) is 15.4. The van der Waals surface area contributed by atoms with Crippen molar-refractivity contribution in [2.75, 3.05) is 0 Å². The van der Waals surface area contributed by atoms with Crippen LogP contribution in [0.25, 0.3) is 0 Å². The maximum Gasteiger partial charge on any atom is 0.275 e. The van der Waals surface area contributed by atoms with Gasteiger partial charge >= 0.3 is 0 Å². The number of benzene rings is 1. The number of hydrazone groups is 1. The maximum absolute atomic E-state index is 12.0. The summed E-state index contributed by atoms with van der Waals surface area (Å²) in [6.45, 7) is 5.27. The molecular formula is C15H16N4O2. The molecule has 1 amide bonds. The van der Waals surface area contributed by atoms with E-state index in [1.165, 1.54) is 6.07 Å². The Kier molecular flexibility index (Phi) is 4.27. The normalized spacial score (nSPS) is 11.3. The number of hydrogen-bond donors (Lipinski definition) is 2. The first-order valence-corrected chi connectivity index (χ1v) is 6.42. The fraction of sp³-hybridized carbons (Fsp3) is 0.200. The van der Waals surface area contributed by atoms with E-state index in [-0.39, 0.29) is 11.3 Å². The van der Waals surface area contributed by atoms with Crippen molar-refractivity contribution in [1.82, 2.24) is 15.4 Å². The molecule has 0 saturated carbocycles. The Bertz CT molecular complexity index is 711. The number of amides is 1. The maximum atomic E-state index is 12.0. The van der Waals surface area contributed by atoms with Gasteiger partial charge in [-0.2, -0.15) is 5.10 Å². The summed E-state index contributed by atoms with van der Waals surface area (Å²) in [5.74, 6) is -0.518. The predicted octanol–water partition coefficient (Wildman–Crippen LogP) is 1.95. The first-order valence-electron chi connectivity index (χ1n) is 6.42. The zero-order valence-corrected chi connectivity index (χ0v) is 12.1. The topological polar surface area (TPSA) is 87.5 Å². The van der Waals surface area contributed by atoms with E-state index in [0.717, 1.165) is 5.69 Å². The molecular weight excluding hydrogens is 268 g/mol. The summed E-state index contributed by atoms with van der Waals surface area (Å²) >= 11 is 0. The summed E-state index contributed by atoms with van der Waals surface area (Å²) in [7, 11) is 0. The van der Waals surface area contributed by atoms with Crippen LogP contribution in [-0.2, 0) is 0 Å². The van der Waals surface area contributed by atoms with E-state index < -0.39 is 5.91 Å². The summed E-state index contributed by atoms with van der Waals surface area (Å²) in [4.78, 5) is 20.3. The van der Waals surface area contributed by atoms with Crippen LogP contribution in [0.15, 0.2) is 35.7 Å². The van der Waals surface area contributed by atoms with E-state index >= 15 is 0 Å². The van der Waals surface area contributed by atoms with E-state index in [1.54, 1.807) is 38.4 Å². The number of aromatic hydroxyl groups is 1. The lowest BCUT2D eigenvalue weighted by Crippen LogP contribution is -2.20. The van der Waals surface area contributed by atoms with Crippen LogP contribution < -0.4 is 5.43 Å². The van der Waals surface area contributed by atoms with E-state index in [4.69, 9.17) is 0 Å². The number of phenols is 1. The van der Waals surface area contributed by atoms with Gasteiger partial charge in [0.1, 0.15) is 11.4 Å². The van der Waals surface area contributed by atoms with E-state index in [2.05, 4.69) is 20.5 Å². The molecule has 6 nitrogen and oxygen atoms in total. The highest BCUT2D eigenvalue weighted by molar-refractivity contribution is 6.01. The number of para-hydroxylation sites is 1. The van der Waals surface area contributed by atoms with Gasteiger partial charge < -0.3 is 5.11 Å². The smallest absolute Gasteiger partial charge is 0.275 e. The molecule has 0 radical (unpaired) electrons. The van der Waals surface area contributed by atoms with Crippen molar-refractivity contribution >= 4 is 11.6 Å². The lowest BCUT2D eigenvalue weighted by molar-refractivity contribution is 0.0952. The second-order valence-corrected chi connectivity index (χ2v) is 4.60. The van der Waals surface area contributed by atoms with Crippen LogP contribution in [-0.4, -0.2) is 26.7 Å². The molecule has 21 heavy (non-hydrogen) atoms. The number of phenolic OH excluding ortho intramolecular Hbond substituents is 1. The highest BCUT2D eigenvalue weighted by atomic mass is 16.3. The number of nitrogens with zero attached hydrogens (tertiary/aromatic N) is 3. The Morgan fingerprint density at radius 1 is 1.24 bits per heavy atom. The van der Waals surface area contributed by atoms with Crippen molar-refractivity contribution < 1.29 is 9.90 Å². The van der Waals surface area contributed by atoms with E-state index in [9.17, 15) is 9.90 Å². The fourth-order valence-electron chi connectivity index (χ4n) is 1.85. The summed E-state index contributed by atoms with van der Waals surface area (Å²) in [6.07, 6.45) is 3.16. The molecule has 0 aliphatic carbocycles. The van der Waals surface area contributed by atoms with Crippen molar-refractivity contribution in [3.63, 3.8) is 0 Å². The number of rotatable bonds is 3. The van der Waals surface area contributed by atoms with Gasteiger partial charge in [0.2, 0.25) is 0 Å². The number of nitrogens with one attached hydrogen (secondary N) is 1.